The molecule has 0 aliphatic carbocycles. The largest absolute Gasteiger partial charge is 0.481 e. The first-order valence-corrected chi connectivity index (χ1v) is 8.06. The molecular weight excluding hydrogens is 310 g/mol. The average molecular weight is 330 g/mol. The molecule has 0 saturated carbocycles. The van der Waals surface area contributed by atoms with E-state index >= 15 is 0 Å². The third-order valence-corrected chi connectivity index (χ3v) is 4.34. The van der Waals surface area contributed by atoms with Gasteiger partial charge in [-0.05, 0) is 43.5 Å². The predicted octanol–water partition coefficient (Wildman–Crippen LogP) is 3.44. The maximum absolute atomic E-state index is 12.0. The Hall–Kier alpha value is -1.20. The molecule has 1 rings (SSSR count). The lowest BCUT2D eigenvalue weighted by Crippen LogP contribution is -2.34. The maximum Gasteiger partial charge on any atom is 0.303 e. The fourth-order valence-corrected chi connectivity index (χ4v) is 2.68. The smallest absolute Gasteiger partial charge is 0.303 e. The van der Waals surface area contributed by atoms with Crippen molar-refractivity contribution in [3.8, 4) is 0 Å². The number of aliphatic carboxylic acids is 1. The zero-order valence-electron chi connectivity index (χ0n) is 12.1. The Morgan fingerprint density at radius 3 is 2.48 bits per heavy atom. The summed E-state index contributed by atoms with van der Waals surface area (Å²) in [7, 11) is 0. The summed E-state index contributed by atoms with van der Waals surface area (Å²) in [6.45, 7) is 4.27. The van der Waals surface area contributed by atoms with Gasteiger partial charge in [0.1, 0.15) is 0 Å². The normalized spacial score (nSPS) is 13.5. The van der Waals surface area contributed by atoms with Crippen molar-refractivity contribution >= 4 is 35.2 Å². The number of hydrogen-bond acceptors (Lipinski definition) is 3. The van der Waals surface area contributed by atoms with Gasteiger partial charge in [0.2, 0.25) is 5.91 Å². The molecule has 0 aromatic heterocycles. The molecule has 0 fully saturated rings. The van der Waals surface area contributed by atoms with Crippen molar-refractivity contribution in [2.75, 3.05) is 6.54 Å². The van der Waals surface area contributed by atoms with Crippen LogP contribution in [0.3, 0.4) is 0 Å². The second kappa shape index (κ2) is 8.95. The maximum atomic E-state index is 12.0. The molecule has 116 valence electrons. The van der Waals surface area contributed by atoms with Gasteiger partial charge < -0.3 is 10.4 Å². The van der Waals surface area contributed by atoms with Crippen molar-refractivity contribution in [3.63, 3.8) is 0 Å². The van der Waals surface area contributed by atoms with Crippen LogP contribution in [0.25, 0.3) is 0 Å². The van der Waals surface area contributed by atoms with Crippen molar-refractivity contribution in [1.82, 2.24) is 5.32 Å². The van der Waals surface area contributed by atoms with E-state index in [1.165, 1.54) is 11.8 Å². The molecule has 2 N–H and O–H groups in total. The molecule has 1 aromatic carbocycles. The summed E-state index contributed by atoms with van der Waals surface area (Å²) >= 11 is 7.28. The van der Waals surface area contributed by atoms with Gasteiger partial charge in [-0.1, -0.05) is 18.5 Å². The molecule has 1 amide bonds. The van der Waals surface area contributed by atoms with Gasteiger partial charge in [0.05, 0.1) is 5.25 Å². The number of rotatable bonds is 8. The van der Waals surface area contributed by atoms with Crippen LogP contribution in [0.2, 0.25) is 5.02 Å². The van der Waals surface area contributed by atoms with Crippen molar-refractivity contribution in [3.05, 3.63) is 29.3 Å². The van der Waals surface area contributed by atoms with Crippen LogP contribution in [-0.4, -0.2) is 28.8 Å². The minimum Gasteiger partial charge on any atom is -0.481 e. The minimum atomic E-state index is -0.806. The van der Waals surface area contributed by atoms with Crippen LogP contribution in [0.1, 0.15) is 26.7 Å². The molecule has 0 saturated heterocycles. The van der Waals surface area contributed by atoms with E-state index in [0.29, 0.717) is 18.0 Å². The zero-order chi connectivity index (χ0) is 15.8. The minimum absolute atomic E-state index is 0.0443. The summed E-state index contributed by atoms with van der Waals surface area (Å²) in [5, 5.41) is 11.9. The van der Waals surface area contributed by atoms with E-state index in [1.54, 1.807) is 12.1 Å². The van der Waals surface area contributed by atoms with E-state index < -0.39 is 5.97 Å². The summed E-state index contributed by atoms with van der Waals surface area (Å²) in [5.41, 5.74) is 0. The highest BCUT2D eigenvalue weighted by Gasteiger charge is 2.15. The van der Waals surface area contributed by atoms with Crippen LogP contribution in [0, 0.1) is 5.92 Å². The molecule has 0 bridgehead atoms. The first-order chi connectivity index (χ1) is 9.88. The number of benzene rings is 1. The molecule has 1 aromatic rings. The standard InChI is InChI=1S/C15H20ClNO3S/c1-10(3-8-14(18)19)9-17-15(20)11(2)21-13-6-4-12(16)5-7-13/h4-7,10-11H,3,8-9H2,1-2H3,(H,17,20)(H,18,19). The second-order valence-corrected chi connectivity index (χ2v) is 6.85. The highest BCUT2D eigenvalue weighted by Crippen LogP contribution is 2.24. The Kier molecular flexibility index (Phi) is 7.61. The van der Waals surface area contributed by atoms with E-state index in [0.717, 1.165) is 4.90 Å². The fourth-order valence-electron chi connectivity index (χ4n) is 1.66. The van der Waals surface area contributed by atoms with Gasteiger partial charge in [-0.25, -0.2) is 0 Å². The molecule has 2 atom stereocenters. The summed E-state index contributed by atoms with van der Waals surface area (Å²) in [5.74, 6) is -0.699. The van der Waals surface area contributed by atoms with Gasteiger partial charge in [-0.3, -0.25) is 9.59 Å². The van der Waals surface area contributed by atoms with E-state index in [-0.39, 0.29) is 23.5 Å². The van der Waals surface area contributed by atoms with Crippen LogP contribution in [-0.2, 0) is 9.59 Å². The number of amides is 1. The van der Waals surface area contributed by atoms with Crippen LogP contribution in [0.4, 0.5) is 0 Å². The number of carbonyl (C=O) groups excluding carboxylic acids is 1. The highest BCUT2D eigenvalue weighted by molar-refractivity contribution is 8.00. The van der Waals surface area contributed by atoms with E-state index in [2.05, 4.69) is 5.32 Å². The lowest BCUT2D eigenvalue weighted by atomic mass is 10.1. The average Bonchev–Trinajstić information content (AvgIpc) is 2.44. The zero-order valence-corrected chi connectivity index (χ0v) is 13.7. The third-order valence-electron chi connectivity index (χ3n) is 2.97. The van der Waals surface area contributed by atoms with Crippen molar-refractivity contribution in [2.24, 2.45) is 5.92 Å². The Labute approximate surface area is 134 Å². The first kappa shape index (κ1) is 17.9. The van der Waals surface area contributed by atoms with Crippen molar-refractivity contribution < 1.29 is 14.7 Å². The highest BCUT2D eigenvalue weighted by atomic mass is 35.5. The topological polar surface area (TPSA) is 66.4 Å². The number of thioether (sulfide) groups is 1. The summed E-state index contributed by atoms with van der Waals surface area (Å²) in [4.78, 5) is 23.4. The molecule has 0 spiro atoms. The van der Waals surface area contributed by atoms with Gasteiger partial charge in [0, 0.05) is 22.9 Å². The Bertz CT molecular complexity index is 478. The summed E-state index contributed by atoms with van der Waals surface area (Å²) in [6.07, 6.45) is 0.695. The molecular formula is C15H20ClNO3S. The van der Waals surface area contributed by atoms with Gasteiger partial charge in [0.25, 0.3) is 0 Å². The number of hydrogen-bond donors (Lipinski definition) is 2. The van der Waals surface area contributed by atoms with Gasteiger partial charge in [0.15, 0.2) is 0 Å². The predicted molar refractivity (Wildman–Crippen MR) is 85.8 cm³/mol. The monoisotopic (exact) mass is 329 g/mol. The van der Waals surface area contributed by atoms with Crippen LogP contribution >= 0.6 is 23.4 Å². The number of halogens is 1. The van der Waals surface area contributed by atoms with Crippen molar-refractivity contribution in [2.45, 2.75) is 36.8 Å². The number of carboxylic acid groups (broad SMARTS) is 1. The van der Waals surface area contributed by atoms with Gasteiger partial charge in [-0.2, -0.15) is 0 Å². The number of nitrogens with one attached hydrogen (secondary N) is 1. The molecule has 0 radical (unpaired) electrons. The van der Waals surface area contributed by atoms with E-state index in [4.69, 9.17) is 16.7 Å². The molecule has 0 heterocycles. The Morgan fingerprint density at radius 1 is 1.29 bits per heavy atom. The fraction of sp³-hybridized carbons (Fsp3) is 0.467. The Morgan fingerprint density at radius 2 is 1.90 bits per heavy atom. The lowest BCUT2D eigenvalue weighted by molar-refractivity contribution is -0.137. The number of carbonyl (C=O) groups is 2. The molecule has 6 heteroatoms. The molecule has 0 aliphatic heterocycles. The second-order valence-electron chi connectivity index (χ2n) is 5.00. The van der Waals surface area contributed by atoms with Crippen LogP contribution in [0.5, 0.6) is 0 Å². The molecule has 4 nitrogen and oxygen atoms in total. The van der Waals surface area contributed by atoms with Crippen molar-refractivity contribution in [1.29, 1.82) is 0 Å². The molecule has 2 unspecified atom stereocenters. The van der Waals surface area contributed by atoms with Gasteiger partial charge >= 0.3 is 5.97 Å². The first-order valence-electron chi connectivity index (χ1n) is 6.80. The van der Waals surface area contributed by atoms with Crippen LogP contribution < -0.4 is 5.32 Å². The van der Waals surface area contributed by atoms with E-state index in [9.17, 15) is 9.59 Å². The van der Waals surface area contributed by atoms with Gasteiger partial charge in [-0.15, -0.1) is 11.8 Å². The Balaban J connectivity index is 2.34. The van der Waals surface area contributed by atoms with Crippen LogP contribution in [0.15, 0.2) is 29.2 Å². The number of carboxylic acids is 1. The SMILES string of the molecule is CC(CCC(=O)O)CNC(=O)C(C)Sc1ccc(Cl)cc1. The molecule has 21 heavy (non-hydrogen) atoms. The lowest BCUT2D eigenvalue weighted by Gasteiger charge is -2.15. The quantitative estimate of drug-likeness (QED) is 0.717. The van der Waals surface area contributed by atoms with E-state index in [1.807, 2.05) is 26.0 Å². The third kappa shape index (κ3) is 7.39. The summed E-state index contributed by atoms with van der Waals surface area (Å²) < 4.78 is 0. The summed E-state index contributed by atoms with van der Waals surface area (Å²) in [6, 6.07) is 7.35. The molecule has 0 aliphatic rings.